The lowest BCUT2D eigenvalue weighted by atomic mass is 10.1. The Kier molecular flexibility index (Phi) is 3.67. The van der Waals surface area contributed by atoms with Gasteiger partial charge in [-0.1, -0.05) is 18.2 Å². The second-order valence-corrected chi connectivity index (χ2v) is 6.47. The first-order valence-corrected chi connectivity index (χ1v) is 7.64. The molecule has 1 aliphatic rings. The van der Waals surface area contributed by atoms with Gasteiger partial charge in [0, 0.05) is 16.7 Å². The van der Waals surface area contributed by atoms with Gasteiger partial charge in [0.1, 0.15) is 11.5 Å². The molecule has 0 radical (unpaired) electrons. The summed E-state index contributed by atoms with van der Waals surface area (Å²) in [5.74, 6) is 2.00. The van der Waals surface area contributed by atoms with Crippen molar-refractivity contribution in [2.45, 2.75) is 36.5 Å². The van der Waals surface area contributed by atoms with E-state index in [9.17, 15) is 0 Å². The third-order valence-corrected chi connectivity index (χ3v) is 4.87. The van der Waals surface area contributed by atoms with Crippen molar-refractivity contribution in [3.8, 4) is 0 Å². The van der Waals surface area contributed by atoms with Gasteiger partial charge >= 0.3 is 0 Å². The van der Waals surface area contributed by atoms with Crippen LogP contribution in [0.4, 0.5) is 0 Å². The number of rotatable bonds is 4. The summed E-state index contributed by atoms with van der Waals surface area (Å²) in [6.07, 6.45) is 1.16. The van der Waals surface area contributed by atoms with Gasteiger partial charge < -0.3 is 9.73 Å². The molecule has 0 saturated heterocycles. The zero-order chi connectivity index (χ0) is 13.2. The van der Waals surface area contributed by atoms with Crippen LogP contribution in [-0.4, -0.2) is 11.8 Å². The second-order valence-electron chi connectivity index (χ2n) is 5.13. The van der Waals surface area contributed by atoms with Crippen LogP contribution < -0.4 is 5.32 Å². The third kappa shape index (κ3) is 2.88. The summed E-state index contributed by atoms with van der Waals surface area (Å²) < 4.78 is 5.65. The summed E-state index contributed by atoms with van der Waals surface area (Å²) in [6, 6.07) is 13.1. The van der Waals surface area contributed by atoms with Crippen LogP contribution in [0.2, 0.25) is 0 Å². The Balaban J connectivity index is 1.54. The highest BCUT2D eigenvalue weighted by Crippen LogP contribution is 2.36. The molecule has 100 valence electrons. The molecule has 0 amide bonds. The SMILES string of the molecule is Cc1ccc(C(C)NCC2Cc3ccccc3S2)o1. The molecule has 19 heavy (non-hydrogen) atoms. The average Bonchev–Trinajstić information content (AvgIpc) is 3.01. The first-order chi connectivity index (χ1) is 9.22. The van der Waals surface area contributed by atoms with Gasteiger partial charge in [-0.05, 0) is 44.0 Å². The Morgan fingerprint density at radius 1 is 1.32 bits per heavy atom. The Bertz CT molecular complexity index is 538. The van der Waals surface area contributed by atoms with Crippen LogP contribution in [0.5, 0.6) is 0 Å². The second kappa shape index (κ2) is 5.43. The van der Waals surface area contributed by atoms with Gasteiger partial charge in [-0.25, -0.2) is 0 Å². The first kappa shape index (κ1) is 12.8. The van der Waals surface area contributed by atoms with Gasteiger partial charge in [0.2, 0.25) is 0 Å². The molecule has 2 aromatic rings. The van der Waals surface area contributed by atoms with Crippen LogP contribution in [0.25, 0.3) is 0 Å². The summed E-state index contributed by atoms with van der Waals surface area (Å²) >= 11 is 1.99. The van der Waals surface area contributed by atoms with Crippen LogP contribution in [0, 0.1) is 6.92 Å². The van der Waals surface area contributed by atoms with Gasteiger partial charge in [0.05, 0.1) is 6.04 Å². The highest BCUT2D eigenvalue weighted by Gasteiger charge is 2.22. The molecule has 0 aliphatic carbocycles. The molecule has 2 unspecified atom stereocenters. The molecule has 3 heteroatoms. The standard InChI is InChI=1S/C16H19NOS/c1-11-7-8-15(18-11)12(2)17-10-14-9-13-5-3-4-6-16(13)19-14/h3-8,12,14,17H,9-10H2,1-2H3. The fourth-order valence-electron chi connectivity index (χ4n) is 2.46. The summed E-state index contributed by atoms with van der Waals surface area (Å²) in [4.78, 5) is 1.44. The summed E-state index contributed by atoms with van der Waals surface area (Å²) in [5.41, 5.74) is 1.49. The van der Waals surface area contributed by atoms with Crippen LogP contribution in [0.1, 0.15) is 30.0 Å². The lowest BCUT2D eigenvalue weighted by molar-refractivity contribution is 0.417. The molecule has 2 heterocycles. The Morgan fingerprint density at radius 3 is 2.89 bits per heavy atom. The van der Waals surface area contributed by atoms with Crippen molar-refractivity contribution in [3.05, 3.63) is 53.5 Å². The van der Waals surface area contributed by atoms with Gasteiger partial charge in [-0.15, -0.1) is 11.8 Å². The van der Waals surface area contributed by atoms with Gasteiger partial charge in [-0.2, -0.15) is 0 Å². The largest absolute Gasteiger partial charge is 0.465 e. The molecule has 2 atom stereocenters. The highest BCUT2D eigenvalue weighted by atomic mass is 32.2. The average molecular weight is 273 g/mol. The number of fused-ring (bicyclic) bond motifs is 1. The zero-order valence-electron chi connectivity index (χ0n) is 11.3. The summed E-state index contributed by atoms with van der Waals surface area (Å²) in [5, 5.41) is 4.21. The van der Waals surface area contributed by atoms with Crippen molar-refractivity contribution in [3.63, 3.8) is 0 Å². The van der Waals surface area contributed by atoms with Crippen molar-refractivity contribution in [2.75, 3.05) is 6.54 Å². The van der Waals surface area contributed by atoms with E-state index in [1.54, 1.807) is 0 Å². The molecular weight excluding hydrogens is 254 g/mol. The molecular formula is C16H19NOS. The fourth-order valence-corrected chi connectivity index (χ4v) is 3.72. The van der Waals surface area contributed by atoms with E-state index in [1.165, 1.54) is 10.5 Å². The van der Waals surface area contributed by atoms with Gasteiger partial charge in [0.25, 0.3) is 0 Å². The maximum absolute atomic E-state index is 5.65. The lowest BCUT2D eigenvalue weighted by Crippen LogP contribution is -2.26. The molecule has 1 aromatic carbocycles. The normalized spacial score (nSPS) is 19.4. The quantitative estimate of drug-likeness (QED) is 0.913. The number of hydrogen-bond acceptors (Lipinski definition) is 3. The molecule has 1 N–H and O–H groups in total. The predicted molar refractivity (Wildman–Crippen MR) is 79.7 cm³/mol. The van der Waals surface area contributed by atoms with Crippen LogP contribution in [0.3, 0.4) is 0 Å². The molecule has 0 spiro atoms. The smallest absolute Gasteiger partial charge is 0.120 e. The Labute approximate surface area is 118 Å². The van der Waals surface area contributed by atoms with Gasteiger partial charge in [-0.3, -0.25) is 0 Å². The third-order valence-electron chi connectivity index (χ3n) is 3.55. The van der Waals surface area contributed by atoms with Gasteiger partial charge in [0.15, 0.2) is 0 Å². The van der Waals surface area contributed by atoms with Crippen molar-refractivity contribution in [1.82, 2.24) is 5.32 Å². The molecule has 0 saturated carbocycles. The minimum absolute atomic E-state index is 0.276. The number of hydrogen-bond donors (Lipinski definition) is 1. The van der Waals surface area contributed by atoms with E-state index in [0.717, 1.165) is 24.5 Å². The van der Waals surface area contributed by atoms with E-state index in [-0.39, 0.29) is 6.04 Å². The monoisotopic (exact) mass is 273 g/mol. The predicted octanol–water partition coefficient (Wildman–Crippen LogP) is 3.96. The number of furan rings is 1. The van der Waals surface area contributed by atoms with E-state index < -0.39 is 0 Å². The zero-order valence-corrected chi connectivity index (χ0v) is 12.2. The minimum atomic E-state index is 0.276. The number of aryl methyl sites for hydroxylation is 1. The fraction of sp³-hybridized carbons (Fsp3) is 0.375. The molecule has 1 aliphatic heterocycles. The molecule has 1 aromatic heterocycles. The van der Waals surface area contributed by atoms with Crippen LogP contribution in [0.15, 0.2) is 45.7 Å². The molecule has 0 bridgehead atoms. The minimum Gasteiger partial charge on any atom is -0.465 e. The van der Waals surface area contributed by atoms with E-state index in [2.05, 4.69) is 42.6 Å². The number of nitrogens with one attached hydrogen (secondary N) is 1. The maximum atomic E-state index is 5.65. The van der Waals surface area contributed by atoms with Crippen molar-refractivity contribution < 1.29 is 4.42 Å². The maximum Gasteiger partial charge on any atom is 0.120 e. The van der Waals surface area contributed by atoms with Crippen LogP contribution >= 0.6 is 11.8 Å². The number of thioether (sulfide) groups is 1. The summed E-state index contributed by atoms with van der Waals surface area (Å²) in [6.45, 7) is 5.16. The topological polar surface area (TPSA) is 25.2 Å². The van der Waals surface area contributed by atoms with Crippen LogP contribution in [-0.2, 0) is 6.42 Å². The summed E-state index contributed by atoms with van der Waals surface area (Å²) in [7, 11) is 0. The van der Waals surface area contributed by atoms with Crippen molar-refractivity contribution in [1.29, 1.82) is 0 Å². The van der Waals surface area contributed by atoms with Crippen molar-refractivity contribution in [2.24, 2.45) is 0 Å². The van der Waals surface area contributed by atoms with E-state index in [4.69, 9.17) is 4.42 Å². The highest BCUT2D eigenvalue weighted by molar-refractivity contribution is 8.00. The molecule has 0 fully saturated rings. The number of benzene rings is 1. The molecule has 3 rings (SSSR count). The first-order valence-electron chi connectivity index (χ1n) is 6.76. The van der Waals surface area contributed by atoms with Crippen molar-refractivity contribution >= 4 is 11.8 Å². The lowest BCUT2D eigenvalue weighted by Gasteiger charge is -2.14. The van der Waals surface area contributed by atoms with E-state index >= 15 is 0 Å². The van der Waals surface area contributed by atoms with E-state index in [0.29, 0.717) is 5.25 Å². The van der Waals surface area contributed by atoms with E-state index in [1.807, 2.05) is 24.8 Å². The molecule has 2 nitrogen and oxygen atoms in total. The Morgan fingerprint density at radius 2 is 2.16 bits per heavy atom. The Hall–Kier alpha value is -1.19.